The lowest BCUT2D eigenvalue weighted by atomic mass is 10.4. The molecule has 1 saturated carbocycles. The van der Waals surface area contributed by atoms with Crippen LogP contribution in [-0.2, 0) is 0 Å². The summed E-state index contributed by atoms with van der Waals surface area (Å²) in [5.74, 6) is 2.92. The summed E-state index contributed by atoms with van der Waals surface area (Å²) in [6.07, 6.45) is 5.05. The Labute approximate surface area is 95.8 Å². The number of nitrogens with one attached hydrogen (secondary N) is 1. The van der Waals surface area contributed by atoms with E-state index >= 15 is 0 Å². The van der Waals surface area contributed by atoms with Gasteiger partial charge in [-0.2, -0.15) is 4.98 Å². The molecule has 1 fully saturated rings. The van der Waals surface area contributed by atoms with Gasteiger partial charge in [0, 0.05) is 19.0 Å². The smallest absolute Gasteiger partial charge is 0.218 e. The molecule has 0 aromatic carbocycles. The number of hydrogen-bond acceptors (Lipinski definition) is 4. The molecule has 0 aliphatic heterocycles. The Balaban J connectivity index is 2.09. The predicted octanol–water partition coefficient (Wildman–Crippen LogP) is 2.35. The van der Waals surface area contributed by atoms with Gasteiger partial charge in [0.25, 0.3) is 0 Å². The topological polar surface area (TPSA) is 47.0 Å². The molecule has 1 heterocycles. The molecule has 0 unspecified atom stereocenters. The third-order valence-corrected chi connectivity index (χ3v) is 2.49. The average molecular weight is 219 g/mol. The molecule has 0 saturated heterocycles. The van der Waals surface area contributed by atoms with Crippen LogP contribution in [0.15, 0.2) is 18.7 Å². The third kappa shape index (κ3) is 2.72. The molecule has 16 heavy (non-hydrogen) atoms. The van der Waals surface area contributed by atoms with Crippen LogP contribution in [0, 0.1) is 0 Å². The van der Waals surface area contributed by atoms with E-state index in [-0.39, 0.29) is 0 Å². The van der Waals surface area contributed by atoms with E-state index in [1.807, 2.05) is 19.2 Å². The molecular weight excluding hydrogens is 202 g/mol. The minimum atomic E-state index is 0.537. The fourth-order valence-corrected chi connectivity index (χ4v) is 1.42. The van der Waals surface area contributed by atoms with Gasteiger partial charge in [0.15, 0.2) is 0 Å². The van der Waals surface area contributed by atoms with Gasteiger partial charge in [-0.05, 0) is 19.3 Å². The Morgan fingerprint density at radius 1 is 1.56 bits per heavy atom. The molecule has 86 valence electrons. The van der Waals surface area contributed by atoms with E-state index in [1.165, 1.54) is 12.8 Å². The van der Waals surface area contributed by atoms with Crippen molar-refractivity contribution in [2.45, 2.75) is 25.2 Å². The number of rotatable bonds is 6. The van der Waals surface area contributed by atoms with Crippen molar-refractivity contribution >= 4 is 5.82 Å². The van der Waals surface area contributed by atoms with Crippen LogP contribution in [-0.4, -0.2) is 23.6 Å². The van der Waals surface area contributed by atoms with Gasteiger partial charge in [0.2, 0.25) is 5.88 Å². The lowest BCUT2D eigenvalue weighted by Crippen LogP contribution is -2.04. The largest absolute Gasteiger partial charge is 0.477 e. The van der Waals surface area contributed by atoms with Crippen molar-refractivity contribution in [1.29, 1.82) is 0 Å². The van der Waals surface area contributed by atoms with Crippen LogP contribution in [0.25, 0.3) is 0 Å². The zero-order chi connectivity index (χ0) is 11.4. The number of nitrogens with zero attached hydrogens (tertiary/aromatic N) is 2. The average Bonchev–Trinajstić information content (AvgIpc) is 3.13. The van der Waals surface area contributed by atoms with Crippen molar-refractivity contribution in [2.24, 2.45) is 0 Å². The third-order valence-electron chi connectivity index (χ3n) is 2.49. The van der Waals surface area contributed by atoms with Crippen LogP contribution in [0.2, 0.25) is 0 Å². The minimum absolute atomic E-state index is 0.537. The molecule has 2 rings (SSSR count). The maximum atomic E-state index is 5.55. The van der Waals surface area contributed by atoms with Crippen LogP contribution >= 0.6 is 0 Å². The molecule has 4 nitrogen and oxygen atoms in total. The second-order valence-electron chi connectivity index (χ2n) is 3.90. The quantitative estimate of drug-likeness (QED) is 0.589. The minimum Gasteiger partial charge on any atom is -0.477 e. The number of anilines is 1. The van der Waals surface area contributed by atoms with E-state index in [4.69, 9.17) is 4.74 Å². The van der Waals surface area contributed by atoms with Gasteiger partial charge in [-0.15, -0.1) is 6.58 Å². The first-order valence-corrected chi connectivity index (χ1v) is 5.64. The molecule has 1 aliphatic rings. The zero-order valence-electron chi connectivity index (χ0n) is 9.57. The lowest BCUT2D eigenvalue weighted by molar-refractivity contribution is 0.311. The second-order valence-corrected chi connectivity index (χ2v) is 3.90. The van der Waals surface area contributed by atoms with Gasteiger partial charge < -0.3 is 10.1 Å². The van der Waals surface area contributed by atoms with Gasteiger partial charge in [0.05, 0.1) is 6.61 Å². The maximum Gasteiger partial charge on any atom is 0.218 e. The Morgan fingerprint density at radius 3 is 3.00 bits per heavy atom. The molecule has 0 atom stereocenters. The molecule has 0 amide bonds. The van der Waals surface area contributed by atoms with Gasteiger partial charge in [-0.3, -0.25) is 0 Å². The van der Waals surface area contributed by atoms with Crippen LogP contribution < -0.4 is 10.1 Å². The Kier molecular flexibility index (Phi) is 3.39. The van der Waals surface area contributed by atoms with Crippen molar-refractivity contribution in [3.8, 4) is 5.88 Å². The summed E-state index contributed by atoms with van der Waals surface area (Å²) in [5.41, 5.74) is 0. The van der Waals surface area contributed by atoms with E-state index in [0.29, 0.717) is 18.4 Å². The number of ether oxygens (including phenoxy) is 1. The monoisotopic (exact) mass is 219 g/mol. The number of hydrogen-bond donors (Lipinski definition) is 1. The lowest BCUT2D eigenvalue weighted by Gasteiger charge is -2.08. The molecule has 1 aliphatic carbocycles. The fourth-order valence-electron chi connectivity index (χ4n) is 1.42. The molecule has 1 aromatic heterocycles. The first-order chi connectivity index (χ1) is 7.83. The highest BCUT2D eigenvalue weighted by atomic mass is 16.5. The van der Waals surface area contributed by atoms with Crippen LogP contribution in [0.3, 0.4) is 0 Å². The van der Waals surface area contributed by atoms with E-state index < -0.39 is 0 Å². The summed E-state index contributed by atoms with van der Waals surface area (Å²) in [6.45, 7) is 4.28. The molecule has 1 N–H and O–H groups in total. The van der Waals surface area contributed by atoms with E-state index in [2.05, 4.69) is 21.9 Å². The Hall–Kier alpha value is -1.58. The molecule has 0 bridgehead atoms. The number of aromatic nitrogens is 2. The van der Waals surface area contributed by atoms with Crippen molar-refractivity contribution in [1.82, 2.24) is 9.97 Å². The summed E-state index contributed by atoms with van der Waals surface area (Å²) in [4.78, 5) is 8.83. The molecule has 1 aromatic rings. The summed E-state index contributed by atoms with van der Waals surface area (Å²) < 4.78 is 5.55. The summed E-state index contributed by atoms with van der Waals surface area (Å²) in [7, 11) is 1.85. The van der Waals surface area contributed by atoms with E-state index in [9.17, 15) is 0 Å². The summed E-state index contributed by atoms with van der Waals surface area (Å²) >= 11 is 0. The highest BCUT2D eigenvalue weighted by Crippen LogP contribution is 2.39. The summed E-state index contributed by atoms with van der Waals surface area (Å²) in [5, 5.41) is 3.03. The highest BCUT2D eigenvalue weighted by molar-refractivity contribution is 5.38. The van der Waals surface area contributed by atoms with Crippen LogP contribution in [0.1, 0.15) is 31.0 Å². The van der Waals surface area contributed by atoms with Gasteiger partial charge in [0.1, 0.15) is 11.6 Å². The highest BCUT2D eigenvalue weighted by Gasteiger charge is 2.27. The van der Waals surface area contributed by atoms with Gasteiger partial charge in [-0.25, -0.2) is 4.98 Å². The standard InChI is InChI=1S/C12H17N3O/c1-3-4-7-16-11-8-10(13-2)14-12(15-11)9-5-6-9/h3,8-9H,1,4-7H2,2H3,(H,13,14,15). The Bertz CT molecular complexity index is 375. The van der Waals surface area contributed by atoms with Crippen molar-refractivity contribution in [3.05, 3.63) is 24.5 Å². The van der Waals surface area contributed by atoms with E-state index in [1.54, 1.807) is 0 Å². The van der Waals surface area contributed by atoms with Crippen LogP contribution in [0.5, 0.6) is 5.88 Å². The van der Waals surface area contributed by atoms with Gasteiger partial charge in [-0.1, -0.05) is 6.08 Å². The molecule has 0 radical (unpaired) electrons. The van der Waals surface area contributed by atoms with Crippen molar-refractivity contribution in [2.75, 3.05) is 19.0 Å². The van der Waals surface area contributed by atoms with Gasteiger partial charge >= 0.3 is 0 Å². The maximum absolute atomic E-state index is 5.55. The summed E-state index contributed by atoms with van der Waals surface area (Å²) in [6, 6.07) is 1.83. The molecule has 0 spiro atoms. The first kappa shape index (κ1) is 10.9. The molecular formula is C12H17N3O. The zero-order valence-corrected chi connectivity index (χ0v) is 9.57. The van der Waals surface area contributed by atoms with E-state index in [0.717, 1.165) is 18.1 Å². The fraction of sp³-hybridized carbons (Fsp3) is 0.500. The second kappa shape index (κ2) is 4.96. The Morgan fingerprint density at radius 2 is 2.38 bits per heavy atom. The van der Waals surface area contributed by atoms with Crippen LogP contribution in [0.4, 0.5) is 5.82 Å². The van der Waals surface area contributed by atoms with Crippen molar-refractivity contribution in [3.63, 3.8) is 0 Å². The molecule has 4 heteroatoms. The predicted molar refractivity (Wildman–Crippen MR) is 63.9 cm³/mol. The SMILES string of the molecule is C=CCCOc1cc(NC)nc(C2CC2)n1. The van der Waals surface area contributed by atoms with Crippen molar-refractivity contribution < 1.29 is 4.74 Å². The normalized spacial score (nSPS) is 14.6. The first-order valence-electron chi connectivity index (χ1n) is 5.64.